The summed E-state index contributed by atoms with van der Waals surface area (Å²) in [6.45, 7) is 5.57. The molecule has 1 aromatic rings. The predicted octanol–water partition coefficient (Wildman–Crippen LogP) is 2.93. The largest absolute Gasteiger partial charge is 0.457 e. The molecule has 3 heteroatoms. The quantitative estimate of drug-likeness (QED) is 0.607. The Kier molecular flexibility index (Phi) is 4.54. The maximum Gasteiger partial charge on any atom is 0.333 e. The Labute approximate surface area is 109 Å². The normalized spacial score (nSPS) is 12.2. The monoisotopic (exact) mass is 247 g/mol. The maximum absolute atomic E-state index is 11.8. The molecule has 0 fully saturated rings. The van der Waals surface area contributed by atoms with Crippen LogP contribution >= 0.6 is 0 Å². The molecule has 1 rings (SSSR count). The van der Waals surface area contributed by atoms with Gasteiger partial charge in [0.2, 0.25) is 0 Å². The van der Waals surface area contributed by atoms with Gasteiger partial charge in [0, 0.05) is 20.2 Å². The van der Waals surface area contributed by atoms with Crippen LogP contribution in [-0.2, 0) is 9.53 Å². The molecule has 0 amide bonds. The van der Waals surface area contributed by atoms with E-state index in [0.717, 1.165) is 11.3 Å². The average molecular weight is 247 g/mol. The molecule has 0 bridgehead atoms. The second-order valence-corrected chi connectivity index (χ2v) is 5.32. The molecule has 3 nitrogen and oxygen atoms in total. The molecule has 0 spiro atoms. The summed E-state index contributed by atoms with van der Waals surface area (Å²) in [7, 11) is 3.81. The molecule has 0 N–H and O–H groups in total. The van der Waals surface area contributed by atoms with E-state index in [2.05, 4.69) is 0 Å². The fraction of sp³-hybridized carbons (Fsp3) is 0.400. The molecule has 0 atom stereocenters. The van der Waals surface area contributed by atoms with E-state index >= 15 is 0 Å². The zero-order chi connectivity index (χ0) is 13.8. The van der Waals surface area contributed by atoms with Crippen molar-refractivity contribution in [3.63, 3.8) is 0 Å². The van der Waals surface area contributed by atoms with Gasteiger partial charge in [-0.3, -0.25) is 0 Å². The van der Waals surface area contributed by atoms with Gasteiger partial charge in [0.15, 0.2) is 0 Å². The number of rotatable bonds is 3. The minimum Gasteiger partial charge on any atom is -0.457 e. The molecule has 0 aromatic heterocycles. The summed E-state index contributed by atoms with van der Waals surface area (Å²) in [5.41, 5.74) is 1.36. The lowest BCUT2D eigenvalue weighted by atomic mass is 10.1. The number of esters is 1. The van der Waals surface area contributed by atoms with Crippen LogP contribution in [0.25, 0.3) is 5.70 Å². The molecule has 0 saturated carbocycles. The molecule has 0 heterocycles. The highest BCUT2D eigenvalue weighted by Crippen LogP contribution is 2.17. The van der Waals surface area contributed by atoms with Crippen molar-refractivity contribution in [3.05, 3.63) is 42.0 Å². The van der Waals surface area contributed by atoms with Crippen LogP contribution in [0.15, 0.2) is 36.4 Å². The first-order valence-electron chi connectivity index (χ1n) is 5.97. The van der Waals surface area contributed by atoms with Gasteiger partial charge in [-0.15, -0.1) is 0 Å². The lowest BCUT2D eigenvalue weighted by molar-refractivity contribution is -0.148. The highest BCUT2D eigenvalue weighted by atomic mass is 16.6. The van der Waals surface area contributed by atoms with E-state index in [1.54, 1.807) is 0 Å². The molecule has 0 aliphatic rings. The SMILES string of the molecule is CN(C)/C(=C\C(=O)OC(C)(C)C)c1ccccc1. The smallest absolute Gasteiger partial charge is 0.333 e. The Morgan fingerprint density at radius 2 is 1.72 bits per heavy atom. The standard InChI is InChI=1S/C15H21NO2/c1-15(2,3)18-14(17)11-13(16(4)5)12-9-7-6-8-10-12/h6-11H,1-5H3/b13-11-. The van der Waals surface area contributed by atoms with Crippen molar-refractivity contribution < 1.29 is 9.53 Å². The first kappa shape index (κ1) is 14.3. The third-order valence-electron chi connectivity index (χ3n) is 2.21. The molecule has 0 aliphatic heterocycles. The van der Waals surface area contributed by atoms with Gasteiger partial charge in [0.25, 0.3) is 0 Å². The van der Waals surface area contributed by atoms with E-state index in [9.17, 15) is 4.79 Å². The number of ether oxygens (including phenoxy) is 1. The zero-order valence-corrected chi connectivity index (χ0v) is 11.7. The second-order valence-electron chi connectivity index (χ2n) is 5.32. The van der Waals surface area contributed by atoms with Gasteiger partial charge >= 0.3 is 5.97 Å². The van der Waals surface area contributed by atoms with Crippen LogP contribution in [0.3, 0.4) is 0 Å². The molecular weight excluding hydrogens is 226 g/mol. The second kappa shape index (κ2) is 5.71. The van der Waals surface area contributed by atoms with Crippen LogP contribution < -0.4 is 0 Å². The number of hydrogen-bond donors (Lipinski definition) is 0. The van der Waals surface area contributed by atoms with Gasteiger partial charge < -0.3 is 9.64 Å². The van der Waals surface area contributed by atoms with Gasteiger partial charge in [-0.05, 0) is 26.3 Å². The van der Waals surface area contributed by atoms with Crippen LogP contribution in [-0.4, -0.2) is 30.6 Å². The molecule has 1 aromatic carbocycles. The zero-order valence-electron chi connectivity index (χ0n) is 11.7. The molecular formula is C15H21NO2. The van der Waals surface area contributed by atoms with Crippen LogP contribution in [0.2, 0.25) is 0 Å². The van der Waals surface area contributed by atoms with Crippen molar-refractivity contribution in [2.24, 2.45) is 0 Å². The fourth-order valence-corrected chi connectivity index (χ4v) is 1.52. The third-order valence-corrected chi connectivity index (χ3v) is 2.21. The predicted molar refractivity (Wildman–Crippen MR) is 74.0 cm³/mol. The third kappa shape index (κ3) is 4.62. The fourth-order valence-electron chi connectivity index (χ4n) is 1.52. The number of hydrogen-bond acceptors (Lipinski definition) is 3. The van der Waals surface area contributed by atoms with E-state index in [4.69, 9.17) is 4.74 Å². The highest BCUT2D eigenvalue weighted by molar-refractivity contribution is 5.91. The highest BCUT2D eigenvalue weighted by Gasteiger charge is 2.16. The molecule has 0 saturated heterocycles. The van der Waals surface area contributed by atoms with Crippen molar-refractivity contribution in [1.29, 1.82) is 0 Å². The van der Waals surface area contributed by atoms with Crippen molar-refractivity contribution in [2.45, 2.75) is 26.4 Å². The van der Waals surface area contributed by atoms with Crippen LogP contribution in [0.1, 0.15) is 26.3 Å². The molecule has 0 aliphatic carbocycles. The molecule has 0 unspecified atom stereocenters. The van der Waals surface area contributed by atoms with Gasteiger partial charge in [0.1, 0.15) is 5.60 Å². The van der Waals surface area contributed by atoms with E-state index < -0.39 is 5.60 Å². The van der Waals surface area contributed by atoms with E-state index in [1.807, 2.05) is 70.1 Å². The van der Waals surface area contributed by atoms with E-state index in [0.29, 0.717) is 0 Å². The summed E-state index contributed by atoms with van der Waals surface area (Å²) in [5, 5.41) is 0. The molecule has 18 heavy (non-hydrogen) atoms. The Morgan fingerprint density at radius 1 is 1.17 bits per heavy atom. The topological polar surface area (TPSA) is 29.5 Å². The summed E-state index contributed by atoms with van der Waals surface area (Å²) >= 11 is 0. The Balaban J connectivity index is 2.97. The summed E-state index contributed by atoms with van der Waals surface area (Å²) in [5.74, 6) is -0.324. The summed E-state index contributed by atoms with van der Waals surface area (Å²) in [4.78, 5) is 13.7. The average Bonchev–Trinajstić information content (AvgIpc) is 2.24. The van der Waals surface area contributed by atoms with Crippen molar-refractivity contribution in [2.75, 3.05) is 14.1 Å². The van der Waals surface area contributed by atoms with E-state index in [1.165, 1.54) is 6.08 Å². The molecule has 0 radical (unpaired) electrons. The lowest BCUT2D eigenvalue weighted by Gasteiger charge is -2.21. The Morgan fingerprint density at radius 3 is 2.17 bits per heavy atom. The minimum atomic E-state index is -0.471. The number of carbonyl (C=O) groups is 1. The Hall–Kier alpha value is -1.77. The Bertz CT molecular complexity index is 428. The van der Waals surface area contributed by atoms with Gasteiger partial charge in [0.05, 0.1) is 5.70 Å². The van der Waals surface area contributed by atoms with Crippen molar-refractivity contribution in [1.82, 2.24) is 4.90 Å². The first-order chi connectivity index (χ1) is 8.29. The summed E-state index contributed by atoms with van der Waals surface area (Å²) in [6.07, 6.45) is 1.53. The minimum absolute atomic E-state index is 0.324. The molecule has 98 valence electrons. The number of nitrogens with zero attached hydrogens (tertiary/aromatic N) is 1. The van der Waals surface area contributed by atoms with Crippen LogP contribution in [0.5, 0.6) is 0 Å². The van der Waals surface area contributed by atoms with Crippen LogP contribution in [0.4, 0.5) is 0 Å². The van der Waals surface area contributed by atoms with Crippen LogP contribution in [0, 0.1) is 0 Å². The van der Waals surface area contributed by atoms with Crippen molar-refractivity contribution in [3.8, 4) is 0 Å². The van der Waals surface area contributed by atoms with Gasteiger partial charge in [-0.1, -0.05) is 30.3 Å². The summed E-state index contributed by atoms with van der Waals surface area (Å²) < 4.78 is 5.30. The summed E-state index contributed by atoms with van der Waals surface area (Å²) in [6, 6.07) is 9.78. The van der Waals surface area contributed by atoms with Gasteiger partial charge in [-0.25, -0.2) is 4.79 Å². The lowest BCUT2D eigenvalue weighted by Crippen LogP contribution is -2.23. The number of benzene rings is 1. The number of carbonyl (C=O) groups excluding carboxylic acids is 1. The van der Waals surface area contributed by atoms with E-state index in [-0.39, 0.29) is 5.97 Å². The van der Waals surface area contributed by atoms with Gasteiger partial charge in [-0.2, -0.15) is 0 Å². The maximum atomic E-state index is 11.8. The first-order valence-corrected chi connectivity index (χ1v) is 5.97. The van der Waals surface area contributed by atoms with Crippen molar-refractivity contribution >= 4 is 11.7 Å².